The Kier molecular flexibility index (Phi) is 4.57. The SMILES string of the molecule is CCc1ncc2c(n1)CN(C(=O)C(c1ccc(F)cc1)N(C)C)C2. The molecule has 1 amide bonds. The number of carbonyl (C=O) groups is 1. The van der Waals surface area contributed by atoms with Gasteiger partial charge in [0.15, 0.2) is 0 Å². The number of hydrogen-bond donors (Lipinski definition) is 0. The Hall–Kier alpha value is -2.34. The van der Waals surface area contributed by atoms with E-state index in [1.165, 1.54) is 12.1 Å². The van der Waals surface area contributed by atoms with Crippen molar-refractivity contribution in [1.29, 1.82) is 0 Å². The highest BCUT2D eigenvalue weighted by Crippen LogP contribution is 2.27. The van der Waals surface area contributed by atoms with Gasteiger partial charge in [-0.1, -0.05) is 19.1 Å². The van der Waals surface area contributed by atoms with Crippen LogP contribution in [0.3, 0.4) is 0 Å². The third-order valence-electron chi connectivity index (χ3n) is 4.27. The molecule has 6 heteroatoms. The van der Waals surface area contributed by atoms with Crippen molar-refractivity contribution in [2.24, 2.45) is 0 Å². The number of aryl methyl sites for hydroxylation is 1. The second-order valence-corrected chi connectivity index (χ2v) is 6.22. The van der Waals surface area contributed by atoms with Gasteiger partial charge in [0, 0.05) is 24.7 Å². The standard InChI is InChI=1S/C18H21FN4O/c1-4-16-20-9-13-10-23(11-15(13)21-16)18(24)17(22(2)3)12-5-7-14(19)8-6-12/h5-9,17H,4,10-11H2,1-3H3. The van der Waals surface area contributed by atoms with E-state index in [9.17, 15) is 9.18 Å². The lowest BCUT2D eigenvalue weighted by Crippen LogP contribution is -2.37. The maximum absolute atomic E-state index is 13.2. The number of rotatable bonds is 4. The quantitative estimate of drug-likeness (QED) is 0.864. The van der Waals surface area contributed by atoms with Crippen molar-refractivity contribution in [2.45, 2.75) is 32.5 Å². The summed E-state index contributed by atoms with van der Waals surface area (Å²) in [4.78, 5) is 25.5. The van der Waals surface area contributed by atoms with Gasteiger partial charge in [-0.25, -0.2) is 14.4 Å². The molecule has 1 unspecified atom stereocenters. The average Bonchev–Trinajstić information content (AvgIpc) is 2.99. The third kappa shape index (κ3) is 3.14. The zero-order valence-corrected chi connectivity index (χ0v) is 14.2. The molecule has 0 N–H and O–H groups in total. The van der Waals surface area contributed by atoms with Crippen molar-refractivity contribution in [2.75, 3.05) is 14.1 Å². The van der Waals surface area contributed by atoms with E-state index in [0.29, 0.717) is 13.1 Å². The van der Waals surface area contributed by atoms with Crippen LogP contribution in [0.1, 0.15) is 35.6 Å². The van der Waals surface area contributed by atoms with E-state index in [-0.39, 0.29) is 11.7 Å². The van der Waals surface area contributed by atoms with Gasteiger partial charge in [0.2, 0.25) is 5.91 Å². The fourth-order valence-corrected chi connectivity index (χ4v) is 3.00. The predicted molar refractivity (Wildman–Crippen MR) is 88.5 cm³/mol. The van der Waals surface area contributed by atoms with Crippen LogP contribution in [0.15, 0.2) is 30.5 Å². The van der Waals surface area contributed by atoms with Crippen LogP contribution in [0, 0.1) is 5.82 Å². The van der Waals surface area contributed by atoms with Gasteiger partial charge in [0.25, 0.3) is 0 Å². The van der Waals surface area contributed by atoms with E-state index in [0.717, 1.165) is 29.1 Å². The van der Waals surface area contributed by atoms with Crippen molar-refractivity contribution < 1.29 is 9.18 Å². The molecule has 1 aromatic heterocycles. The Labute approximate surface area is 141 Å². The second kappa shape index (κ2) is 6.65. The first-order valence-electron chi connectivity index (χ1n) is 8.04. The minimum Gasteiger partial charge on any atom is -0.331 e. The van der Waals surface area contributed by atoms with Gasteiger partial charge in [0.05, 0.1) is 12.2 Å². The molecular weight excluding hydrogens is 307 g/mol. The molecule has 1 atom stereocenters. The van der Waals surface area contributed by atoms with Crippen LogP contribution >= 0.6 is 0 Å². The minimum absolute atomic E-state index is 0.0114. The first-order valence-corrected chi connectivity index (χ1v) is 8.04. The molecule has 0 radical (unpaired) electrons. The van der Waals surface area contributed by atoms with Crippen molar-refractivity contribution >= 4 is 5.91 Å². The molecule has 0 fully saturated rings. The van der Waals surface area contributed by atoms with E-state index < -0.39 is 6.04 Å². The molecule has 1 aliphatic rings. The molecule has 0 saturated heterocycles. The summed E-state index contributed by atoms with van der Waals surface area (Å²) in [6.07, 6.45) is 2.59. The Morgan fingerprint density at radius 2 is 2.00 bits per heavy atom. The first-order chi connectivity index (χ1) is 11.5. The predicted octanol–water partition coefficient (Wildman–Crippen LogP) is 2.32. The van der Waals surface area contributed by atoms with Crippen LogP contribution < -0.4 is 0 Å². The monoisotopic (exact) mass is 328 g/mol. The number of halogens is 1. The Bertz CT molecular complexity index is 745. The fourth-order valence-electron chi connectivity index (χ4n) is 3.00. The lowest BCUT2D eigenvalue weighted by Gasteiger charge is -2.28. The fraction of sp³-hybridized carbons (Fsp3) is 0.389. The molecular formula is C18H21FN4O. The van der Waals surface area contributed by atoms with Gasteiger partial charge in [-0.3, -0.25) is 9.69 Å². The van der Waals surface area contributed by atoms with Crippen molar-refractivity contribution in [3.05, 3.63) is 58.9 Å². The molecule has 1 aromatic carbocycles. The Morgan fingerprint density at radius 3 is 2.62 bits per heavy atom. The normalized spacial score (nSPS) is 14.8. The van der Waals surface area contributed by atoms with Crippen molar-refractivity contribution in [3.8, 4) is 0 Å². The van der Waals surface area contributed by atoms with Gasteiger partial charge >= 0.3 is 0 Å². The highest BCUT2D eigenvalue weighted by Gasteiger charge is 2.32. The molecule has 5 nitrogen and oxygen atoms in total. The van der Waals surface area contributed by atoms with Crippen LogP contribution in [-0.4, -0.2) is 39.8 Å². The summed E-state index contributed by atoms with van der Waals surface area (Å²) in [5, 5.41) is 0. The maximum Gasteiger partial charge on any atom is 0.245 e. The van der Waals surface area contributed by atoms with Crippen LogP contribution in [0.2, 0.25) is 0 Å². The van der Waals surface area contributed by atoms with Crippen LogP contribution in [0.25, 0.3) is 0 Å². The molecule has 24 heavy (non-hydrogen) atoms. The number of nitrogens with zero attached hydrogens (tertiary/aromatic N) is 4. The number of hydrogen-bond acceptors (Lipinski definition) is 4. The largest absolute Gasteiger partial charge is 0.331 e. The summed E-state index contributed by atoms with van der Waals surface area (Å²) in [6, 6.07) is 5.65. The summed E-state index contributed by atoms with van der Waals surface area (Å²) >= 11 is 0. The van der Waals surface area contributed by atoms with Crippen LogP contribution in [0.5, 0.6) is 0 Å². The molecule has 2 aromatic rings. The highest BCUT2D eigenvalue weighted by atomic mass is 19.1. The minimum atomic E-state index is -0.446. The number of fused-ring (bicyclic) bond motifs is 1. The molecule has 0 spiro atoms. The zero-order valence-electron chi connectivity index (χ0n) is 14.2. The van der Waals surface area contributed by atoms with E-state index >= 15 is 0 Å². The Balaban J connectivity index is 1.83. The van der Waals surface area contributed by atoms with Crippen molar-refractivity contribution in [1.82, 2.24) is 19.8 Å². The number of likely N-dealkylation sites (N-methyl/N-ethyl adjacent to an activating group) is 1. The van der Waals surface area contributed by atoms with Gasteiger partial charge in [-0.2, -0.15) is 0 Å². The van der Waals surface area contributed by atoms with Gasteiger partial charge in [0.1, 0.15) is 17.7 Å². The van der Waals surface area contributed by atoms with Gasteiger partial charge in [-0.15, -0.1) is 0 Å². The third-order valence-corrected chi connectivity index (χ3v) is 4.27. The van der Waals surface area contributed by atoms with E-state index in [2.05, 4.69) is 9.97 Å². The van der Waals surface area contributed by atoms with Gasteiger partial charge < -0.3 is 4.90 Å². The van der Waals surface area contributed by atoms with Crippen LogP contribution in [-0.2, 0) is 24.3 Å². The average molecular weight is 328 g/mol. The number of benzene rings is 1. The van der Waals surface area contributed by atoms with E-state index in [1.54, 1.807) is 17.0 Å². The number of aromatic nitrogens is 2. The van der Waals surface area contributed by atoms with Crippen LogP contribution in [0.4, 0.5) is 4.39 Å². The number of carbonyl (C=O) groups excluding carboxylic acids is 1. The maximum atomic E-state index is 13.2. The topological polar surface area (TPSA) is 49.3 Å². The number of amides is 1. The summed E-state index contributed by atoms with van der Waals surface area (Å²) in [7, 11) is 3.70. The summed E-state index contributed by atoms with van der Waals surface area (Å²) in [5.74, 6) is 0.480. The van der Waals surface area contributed by atoms with E-state index in [1.807, 2.05) is 32.1 Å². The molecule has 0 aliphatic carbocycles. The molecule has 2 heterocycles. The second-order valence-electron chi connectivity index (χ2n) is 6.22. The summed E-state index contributed by atoms with van der Waals surface area (Å²) in [6.45, 7) is 3.02. The Morgan fingerprint density at radius 1 is 1.29 bits per heavy atom. The summed E-state index contributed by atoms with van der Waals surface area (Å²) < 4.78 is 13.2. The smallest absolute Gasteiger partial charge is 0.245 e. The van der Waals surface area contributed by atoms with Crippen molar-refractivity contribution in [3.63, 3.8) is 0 Å². The van der Waals surface area contributed by atoms with E-state index in [4.69, 9.17) is 0 Å². The molecule has 0 bridgehead atoms. The molecule has 0 saturated carbocycles. The van der Waals surface area contributed by atoms with Gasteiger partial charge in [-0.05, 0) is 31.8 Å². The summed E-state index contributed by atoms with van der Waals surface area (Å²) in [5.41, 5.74) is 2.70. The molecule has 126 valence electrons. The molecule has 3 rings (SSSR count). The molecule has 1 aliphatic heterocycles. The lowest BCUT2D eigenvalue weighted by molar-refractivity contribution is -0.137. The highest BCUT2D eigenvalue weighted by molar-refractivity contribution is 5.83. The zero-order chi connectivity index (χ0) is 17.3. The first kappa shape index (κ1) is 16.5. The lowest BCUT2D eigenvalue weighted by atomic mass is 10.0.